The van der Waals surface area contributed by atoms with Gasteiger partial charge in [-0.1, -0.05) is 29.8 Å². The molecule has 0 amide bonds. The monoisotopic (exact) mass is 284 g/mol. The van der Waals surface area contributed by atoms with Gasteiger partial charge in [-0.2, -0.15) is 0 Å². The zero-order valence-electron chi connectivity index (χ0n) is 12.4. The summed E-state index contributed by atoms with van der Waals surface area (Å²) in [5, 5.41) is 9.87. The van der Waals surface area contributed by atoms with Gasteiger partial charge in [-0.3, -0.25) is 0 Å². The number of ether oxygens (including phenoxy) is 2. The van der Waals surface area contributed by atoms with E-state index in [1.165, 1.54) is 5.56 Å². The Morgan fingerprint density at radius 2 is 2.10 bits per heavy atom. The lowest BCUT2D eigenvalue weighted by molar-refractivity contribution is 0.187. The third kappa shape index (κ3) is 2.88. The molecular formula is C18H20O3. The molecule has 1 aliphatic heterocycles. The molecule has 0 aromatic heterocycles. The number of benzene rings is 2. The van der Waals surface area contributed by atoms with Gasteiger partial charge >= 0.3 is 0 Å². The van der Waals surface area contributed by atoms with E-state index in [0.29, 0.717) is 13.2 Å². The molecule has 1 aliphatic rings. The third-order valence-corrected chi connectivity index (χ3v) is 3.85. The number of fused-ring (bicyclic) bond motifs is 1. The molecule has 3 nitrogen and oxygen atoms in total. The maximum atomic E-state index is 9.87. The molecule has 110 valence electrons. The van der Waals surface area contributed by atoms with Gasteiger partial charge in [-0.05, 0) is 32.0 Å². The fourth-order valence-corrected chi connectivity index (χ4v) is 2.68. The van der Waals surface area contributed by atoms with Gasteiger partial charge in [0.15, 0.2) is 0 Å². The maximum Gasteiger partial charge on any atom is 0.125 e. The first kappa shape index (κ1) is 14.0. The highest BCUT2D eigenvalue weighted by atomic mass is 16.5. The lowest BCUT2D eigenvalue weighted by Crippen LogP contribution is -2.13. The first-order chi connectivity index (χ1) is 10.1. The Balaban J connectivity index is 1.75. The average Bonchev–Trinajstić information content (AvgIpc) is 2.89. The van der Waals surface area contributed by atoms with E-state index >= 15 is 0 Å². The fraction of sp³-hybridized carbons (Fsp3) is 0.333. The van der Waals surface area contributed by atoms with Crippen LogP contribution in [0.1, 0.15) is 35.6 Å². The van der Waals surface area contributed by atoms with Crippen molar-refractivity contribution in [2.45, 2.75) is 25.9 Å². The molecule has 1 unspecified atom stereocenters. The van der Waals surface area contributed by atoms with E-state index in [9.17, 15) is 5.11 Å². The SMILES string of the molecule is Cc1ccc(OCC2COc3ccccc32)c([C@@H](C)O)c1. The molecule has 0 bridgehead atoms. The van der Waals surface area contributed by atoms with E-state index in [4.69, 9.17) is 9.47 Å². The molecule has 1 N–H and O–H groups in total. The van der Waals surface area contributed by atoms with Crippen molar-refractivity contribution in [3.8, 4) is 11.5 Å². The van der Waals surface area contributed by atoms with Gasteiger partial charge in [0.1, 0.15) is 11.5 Å². The van der Waals surface area contributed by atoms with Crippen LogP contribution < -0.4 is 9.47 Å². The minimum absolute atomic E-state index is 0.240. The van der Waals surface area contributed by atoms with Crippen molar-refractivity contribution in [3.05, 3.63) is 59.2 Å². The molecule has 2 aromatic rings. The molecular weight excluding hydrogens is 264 g/mol. The molecule has 0 saturated carbocycles. The minimum Gasteiger partial charge on any atom is -0.493 e. The molecule has 21 heavy (non-hydrogen) atoms. The van der Waals surface area contributed by atoms with Crippen molar-refractivity contribution in [3.63, 3.8) is 0 Å². The molecule has 3 rings (SSSR count). The van der Waals surface area contributed by atoms with E-state index in [1.54, 1.807) is 6.92 Å². The quantitative estimate of drug-likeness (QED) is 0.932. The summed E-state index contributed by atoms with van der Waals surface area (Å²) in [6, 6.07) is 14.0. The summed E-state index contributed by atoms with van der Waals surface area (Å²) in [7, 11) is 0. The second-order valence-corrected chi connectivity index (χ2v) is 5.57. The number of para-hydroxylation sites is 1. The first-order valence-electron chi connectivity index (χ1n) is 7.28. The summed E-state index contributed by atoms with van der Waals surface area (Å²) in [6.45, 7) is 4.97. The first-order valence-corrected chi connectivity index (χ1v) is 7.28. The van der Waals surface area contributed by atoms with Crippen LogP contribution in [0.2, 0.25) is 0 Å². The van der Waals surface area contributed by atoms with Crippen LogP contribution in [0.25, 0.3) is 0 Å². The Hall–Kier alpha value is -2.00. The minimum atomic E-state index is -0.535. The smallest absolute Gasteiger partial charge is 0.125 e. The van der Waals surface area contributed by atoms with Gasteiger partial charge in [0.2, 0.25) is 0 Å². The normalized spacial score (nSPS) is 18.0. The van der Waals surface area contributed by atoms with E-state index in [0.717, 1.165) is 22.6 Å². The van der Waals surface area contributed by atoms with Crippen molar-refractivity contribution >= 4 is 0 Å². The summed E-state index contributed by atoms with van der Waals surface area (Å²) >= 11 is 0. The molecule has 1 heterocycles. The Kier molecular flexibility index (Phi) is 3.84. The largest absolute Gasteiger partial charge is 0.493 e. The number of hydrogen-bond donors (Lipinski definition) is 1. The van der Waals surface area contributed by atoms with Gasteiger partial charge in [-0.15, -0.1) is 0 Å². The topological polar surface area (TPSA) is 38.7 Å². The van der Waals surface area contributed by atoms with Gasteiger partial charge < -0.3 is 14.6 Å². The zero-order valence-corrected chi connectivity index (χ0v) is 12.4. The van der Waals surface area contributed by atoms with E-state index in [1.807, 2.05) is 43.3 Å². The van der Waals surface area contributed by atoms with Crippen LogP contribution in [-0.4, -0.2) is 18.3 Å². The summed E-state index contributed by atoms with van der Waals surface area (Å²) in [5.41, 5.74) is 3.15. The van der Waals surface area contributed by atoms with Gasteiger partial charge in [-0.25, -0.2) is 0 Å². The fourth-order valence-electron chi connectivity index (χ4n) is 2.68. The molecule has 2 aromatic carbocycles. The zero-order chi connectivity index (χ0) is 14.8. The van der Waals surface area contributed by atoms with Crippen LogP contribution in [0, 0.1) is 6.92 Å². The molecule has 2 atom stereocenters. The van der Waals surface area contributed by atoms with Gasteiger partial charge in [0, 0.05) is 11.1 Å². The molecule has 0 saturated heterocycles. The lowest BCUT2D eigenvalue weighted by atomic mass is 10.0. The number of aliphatic hydroxyl groups excluding tert-OH is 1. The average molecular weight is 284 g/mol. The predicted octanol–water partition coefficient (Wildman–Crippen LogP) is 3.60. The third-order valence-electron chi connectivity index (χ3n) is 3.85. The Labute approximate surface area is 125 Å². The number of aryl methyl sites for hydroxylation is 1. The number of rotatable bonds is 4. The standard InChI is InChI=1S/C18H20O3/c1-12-7-8-18(16(9-12)13(2)19)21-11-14-10-20-17-6-4-3-5-15(14)17/h3-9,13-14,19H,10-11H2,1-2H3/t13-,14?/m1/s1. The highest BCUT2D eigenvalue weighted by Gasteiger charge is 2.24. The molecule has 0 radical (unpaired) electrons. The summed E-state index contributed by atoms with van der Waals surface area (Å²) in [5.74, 6) is 1.94. The van der Waals surface area contributed by atoms with Crippen molar-refractivity contribution < 1.29 is 14.6 Å². The molecule has 0 aliphatic carbocycles. The van der Waals surface area contributed by atoms with Crippen molar-refractivity contribution in [2.75, 3.05) is 13.2 Å². The van der Waals surface area contributed by atoms with Crippen molar-refractivity contribution in [1.29, 1.82) is 0 Å². The molecule has 0 fully saturated rings. The van der Waals surface area contributed by atoms with E-state index in [-0.39, 0.29) is 5.92 Å². The van der Waals surface area contributed by atoms with Crippen molar-refractivity contribution in [1.82, 2.24) is 0 Å². The van der Waals surface area contributed by atoms with Crippen LogP contribution >= 0.6 is 0 Å². The van der Waals surface area contributed by atoms with Gasteiger partial charge in [0.05, 0.1) is 25.2 Å². The Morgan fingerprint density at radius 1 is 1.29 bits per heavy atom. The van der Waals surface area contributed by atoms with Crippen molar-refractivity contribution in [2.24, 2.45) is 0 Å². The Bertz CT molecular complexity index is 634. The summed E-state index contributed by atoms with van der Waals surface area (Å²) in [4.78, 5) is 0. The second kappa shape index (κ2) is 5.78. The Morgan fingerprint density at radius 3 is 2.90 bits per heavy atom. The van der Waals surface area contributed by atoms with Crippen LogP contribution in [0.3, 0.4) is 0 Å². The predicted molar refractivity (Wildman–Crippen MR) is 82.0 cm³/mol. The number of aliphatic hydroxyl groups is 1. The van der Waals surface area contributed by atoms with Gasteiger partial charge in [0.25, 0.3) is 0 Å². The second-order valence-electron chi connectivity index (χ2n) is 5.57. The summed E-state index contributed by atoms with van der Waals surface area (Å²) in [6.07, 6.45) is -0.535. The van der Waals surface area contributed by atoms with Crippen LogP contribution in [-0.2, 0) is 0 Å². The lowest BCUT2D eigenvalue weighted by Gasteiger charge is -2.16. The highest BCUT2D eigenvalue weighted by molar-refractivity contribution is 5.41. The van der Waals surface area contributed by atoms with Crippen LogP contribution in [0.4, 0.5) is 0 Å². The number of hydrogen-bond acceptors (Lipinski definition) is 3. The van der Waals surface area contributed by atoms with E-state index in [2.05, 4.69) is 6.07 Å². The maximum absolute atomic E-state index is 9.87. The highest BCUT2D eigenvalue weighted by Crippen LogP contribution is 2.34. The molecule has 3 heteroatoms. The molecule has 0 spiro atoms. The summed E-state index contributed by atoms with van der Waals surface area (Å²) < 4.78 is 11.6. The van der Waals surface area contributed by atoms with E-state index < -0.39 is 6.10 Å². The van der Waals surface area contributed by atoms with Crippen LogP contribution in [0.15, 0.2) is 42.5 Å². The van der Waals surface area contributed by atoms with Crippen LogP contribution in [0.5, 0.6) is 11.5 Å².